The molecule has 0 radical (unpaired) electrons. The van der Waals surface area contributed by atoms with Crippen LogP contribution < -0.4 is 5.32 Å². The van der Waals surface area contributed by atoms with Crippen molar-refractivity contribution in [2.24, 2.45) is 5.92 Å². The first kappa shape index (κ1) is 15.5. The SMILES string of the molecule is [2H]C1(NC(=O)c2ccoc2)C(C#N)C(C)=C(C)N1C(C)c1ccccc1. The Morgan fingerprint density at radius 3 is 2.68 bits per heavy atom. The van der Waals surface area contributed by atoms with E-state index in [0.717, 1.165) is 16.8 Å². The van der Waals surface area contributed by atoms with Gasteiger partial charge in [0.05, 0.1) is 25.3 Å². The second-order valence-electron chi connectivity index (χ2n) is 6.14. The molecule has 0 fully saturated rings. The summed E-state index contributed by atoms with van der Waals surface area (Å²) in [4.78, 5) is 14.4. The summed E-state index contributed by atoms with van der Waals surface area (Å²) in [5.74, 6) is -1.22. The summed E-state index contributed by atoms with van der Waals surface area (Å²) in [5.41, 5.74) is 2.95. The Balaban J connectivity index is 2.01. The van der Waals surface area contributed by atoms with Gasteiger partial charge in [-0.05, 0) is 38.0 Å². The number of hydrogen-bond donors (Lipinski definition) is 1. The van der Waals surface area contributed by atoms with E-state index in [0.29, 0.717) is 5.56 Å². The molecule has 1 aromatic carbocycles. The van der Waals surface area contributed by atoms with Crippen molar-refractivity contribution in [3.63, 3.8) is 0 Å². The van der Waals surface area contributed by atoms with E-state index in [4.69, 9.17) is 5.79 Å². The highest BCUT2D eigenvalue weighted by Gasteiger charge is 2.40. The topological polar surface area (TPSA) is 69.3 Å². The summed E-state index contributed by atoms with van der Waals surface area (Å²) in [6.07, 6.45) is 1.13. The third-order valence-electron chi connectivity index (χ3n) is 4.72. The van der Waals surface area contributed by atoms with Crippen LogP contribution in [0.1, 0.15) is 44.1 Å². The lowest BCUT2D eigenvalue weighted by Gasteiger charge is -2.36. The first-order valence-corrected chi connectivity index (χ1v) is 8.16. The van der Waals surface area contributed by atoms with Gasteiger partial charge in [0, 0.05) is 5.70 Å². The van der Waals surface area contributed by atoms with Gasteiger partial charge in [0.15, 0.2) is 0 Å². The highest BCUT2D eigenvalue weighted by atomic mass is 16.3. The summed E-state index contributed by atoms with van der Waals surface area (Å²) >= 11 is 0. The largest absolute Gasteiger partial charge is 0.472 e. The van der Waals surface area contributed by atoms with Crippen molar-refractivity contribution in [1.82, 2.24) is 10.2 Å². The number of nitriles is 1. The summed E-state index contributed by atoms with van der Waals surface area (Å²) < 4.78 is 14.0. The van der Waals surface area contributed by atoms with E-state index < -0.39 is 18.0 Å². The molecule has 1 N–H and O–H groups in total. The normalized spacial score (nSPS) is 24.6. The molecule has 1 amide bonds. The minimum atomic E-state index is -1.60. The number of benzene rings is 1. The molecule has 1 aliphatic rings. The van der Waals surface area contributed by atoms with E-state index >= 15 is 0 Å². The van der Waals surface area contributed by atoms with Gasteiger partial charge in [0.25, 0.3) is 5.91 Å². The number of rotatable bonds is 4. The lowest BCUT2D eigenvalue weighted by molar-refractivity contribution is 0.0848. The summed E-state index contributed by atoms with van der Waals surface area (Å²) in [6.45, 7) is 5.70. The van der Waals surface area contributed by atoms with Crippen molar-refractivity contribution < 1.29 is 10.6 Å². The Bertz CT molecular complexity index is 870. The van der Waals surface area contributed by atoms with Crippen LogP contribution in [0.3, 0.4) is 0 Å². The lowest BCUT2D eigenvalue weighted by Crippen LogP contribution is -2.48. The summed E-state index contributed by atoms with van der Waals surface area (Å²) in [5, 5.41) is 12.5. The van der Waals surface area contributed by atoms with Crippen molar-refractivity contribution in [1.29, 1.82) is 5.26 Å². The van der Waals surface area contributed by atoms with Crippen molar-refractivity contribution in [2.45, 2.75) is 33.0 Å². The maximum absolute atomic E-state index is 12.6. The predicted octanol–water partition coefficient (Wildman–Crippen LogP) is 3.85. The molecule has 0 spiro atoms. The zero-order valence-corrected chi connectivity index (χ0v) is 14.5. The maximum atomic E-state index is 12.6. The number of amides is 1. The fraction of sp³-hybridized carbons (Fsp3) is 0.300. The minimum Gasteiger partial charge on any atom is -0.472 e. The number of carbonyl (C=O) groups is 1. The molecule has 0 aliphatic carbocycles. The molecule has 128 valence electrons. The van der Waals surface area contributed by atoms with Gasteiger partial charge in [-0.15, -0.1) is 0 Å². The van der Waals surface area contributed by atoms with Gasteiger partial charge in [0.1, 0.15) is 18.3 Å². The average Bonchev–Trinajstić information content (AvgIpc) is 3.22. The third kappa shape index (κ3) is 3.03. The van der Waals surface area contributed by atoms with E-state index in [-0.39, 0.29) is 6.04 Å². The predicted molar refractivity (Wildman–Crippen MR) is 94.1 cm³/mol. The lowest BCUT2D eigenvalue weighted by atomic mass is 10.0. The van der Waals surface area contributed by atoms with Crippen LogP contribution in [-0.2, 0) is 0 Å². The minimum absolute atomic E-state index is 0.188. The Kier molecular flexibility index (Phi) is 4.26. The van der Waals surface area contributed by atoms with Crippen LogP contribution in [0.4, 0.5) is 0 Å². The molecule has 0 saturated carbocycles. The maximum Gasteiger partial charge on any atom is 0.256 e. The van der Waals surface area contributed by atoms with Crippen LogP contribution in [0.25, 0.3) is 0 Å². The molecule has 5 heteroatoms. The molecule has 0 bridgehead atoms. The first-order valence-electron chi connectivity index (χ1n) is 8.66. The van der Waals surface area contributed by atoms with Crippen LogP contribution in [0.15, 0.2) is 64.6 Å². The number of furan rings is 1. The van der Waals surface area contributed by atoms with Crippen molar-refractivity contribution in [3.05, 3.63) is 71.3 Å². The molecule has 25 heavy (non-hydrogen) atoms. The standard InChI is InChI=1S/C20H21N3O2/c1-13-14(2)23(15(3)16-7-5-4-6-8-16)19(18(13)11-21)22-20(24)17-9-10-25-12-17/h4-10,12,15,18-19H,1-3H3,(H,22,24)/i19D. The molecule has 5 nitrogen and oxygen atoms in total. The second-order valence-corrected chi connectivity index (χ2v) is 6.14. The number of carbonyl (C=O) groups excluding carboxylic acids is 1. The van der Waals surface area contributed by atoms with Crippen LogP contribution >= 0.6 is 0 Å². The number of allylic oxidation sites excluding steroid dienone is 1. The van der Waals surface area contributed by atoms with Gasteiger partial charge in [0.2, 0.25) is 0 Å². The molecule has 1 aromatic heterocycles. The van der Waals surface area contributed by atoms with E-state index in [1.54, 1.807) is 0 Å². The van der Waals surface area contributed by atoms with Crippen LogP contribution in [-0.4, -0.2) is 16.9 Å². The van der Waals surface area contributed by atoms with E-state index in [1.807, 2.05) is 56.0 Å². The monoisotopic (exact) mass is 336 g/mol. The molecule has 3 unspecified atom stereocenters. The number of nitrogens with zero attached hydrogens (tertiary/aromatic N) is 2. The highest BCUT2D eigenvalue weighted by Crippen LogP contribution is 2.38. The quantitative estimate of drug-likeness (QED) is 0.921. The third-order valence-corrected chi connectivity index (χ3v) is 4.72. The van der Waals surface area contributed by atoms with Gasteiger partial charge in [-0.25, -0.2) is 0 Å². The zero-order valence-electron chi connectivity index (χ0n) is 15.5. The molecular formula is C20H21N3O2. The number of nitrogens with one attached hydrogen (secondary N) is 1. The van der Waals surface area contributed by atoms with Crippen LogP contribution in [0, 0.1) is 17.2 Å². The zero-order chi connectivity index (χ0) is 18.9. The fourth-order valence-corrected chi connectivity index (χ4v) is 3.18. The Morgan fingerprint density at radius 2 is 2.08 bits per heavy atom. The molecule has 0 saturated heterocycles. The Hall–Kier alpha value is -3.00. The Morgan fingerprint density at radius 1 is 1.36 bits per heavy atom. The van der Waals surface area contributed by atoms with Gasteiger partial charge in [-0.3, -0.25) is 4.79 Å². The van der Waals surface area contributed by atoms with Gasteiger partial charge < -0.3 is 14.6 Å². The van der Waals surface area contributed by atoms with E-state index in [2.05, 4.69) is 11.4 Å². The number of hydrogen-bond acceptors (Lipinski definition) is 4. The fourth-order valence-electron chi connectivity index (χ4n) is 3.18. The summed E-state index contributed by atoms with van der Waals surface area (Å²) in [6, 6.07) is 13.3. The van der Waals surface area contributed by atoms with Crippen LogP contribution in [0.2, 0.25) is 0 Å². The van der Waals surface area contributed by atoms with Gasteiger partial charge in [-0.2, -0.15) is 5.26 Å². The first-order chi connectivity index (χ1) is 12.4. The Labute approximate surface area is 149 Å². The second kappa shape index (κ2) is 6.86. The molecule has 2 aromatic rings. The smallest absolute Gasteiger partial charge is 0.256 e. The highest BCUT2D eigenvalue weighted by molar-refractivity contribution is 5.94. The molecule has 3 atom stereocenters. The van der Waals surface area contributed by atoms with E-state index in [9.17, 15) is 10.1 Å². The molecular weight excluding hydrogens is 314 g/mol. The van der Waals surface area contributed by atoms with Crippen molar-refractivity contribution in [2.75, 3.05) is 0 Å². The van der Waals surface area contributed by atoms with Crippen molar-refractivity contribution in [3.8, 4) is 6.07 Å². The van der Waals surface area contributed by atoms with Gasteiger partial charge in [-0.1, -0.05) is 30.3 Å². The van der Waals surface area contributed by atoms with Crippen molar-refractivity contribution >= 4 is 5.91 Å². The molecule has 2 heterocycles. The van der Waals surface area contributed by atoms with Gasteiger partial charge >= 0.3 is 0 Å². The van der Waals surface area contributed by atoms with Crippen LogP contribution in [0.5, 0.6) is 0 Å². The molecule has 1 aliphatic heterocycles. The summed E-state index contributed by atoms with van der Waals surface area (Å²) in [7, 11) is 0. The average molecular weight is 336 g/mol. The van der Waals surface area contributed by atoms with E-state index in [1.165, 1.54) is 18.6 Å². The molecule has 3 rings (SSSR count).